The molecule has 2 aromatic carbocycles. The monoisotopic (exact) mass is 316 g/mol. The Morgan fingerprint density at radius 3 is 2.77 bits per heavy atom. The number of rotatable bonds is 3. The summed E-state index contributed by atoms with van der Waals surface area (Å²) in [5.41, 5.74) is 2.17. The standard InChI is InChI=1S/C17H16O4S/c1-3-21-17(18)14-9-12(20-2)10-16-13(14)8-11-6-4-5-7-15(11)22(16)19/h4-7,9-10H,3,8H2,1-2H3. The molecule has 22 heavy (non-hydrogen) atoms. The highest BCUT2D eigenvalue weighted by atomic mass is 32.2. The van der Waals surface area contributed by atoms with E-state index in [-0.39, 0.29) is 0 Å². The van der Waals surface area contributed by atoms with Crippen LogP contribution >= 0.6 is 0 Å². The number of benzene rings is 2. The molecule has 0 aromatic heterocycles. The van der Waals surface area contributed by atoms with Gasteiger partial charge in [0.05, 0.1) is 19.3 Å². The summed E-state index contributed by atoms with van der Waals surface area (Å²) in [6, 6.07) is 11.0. The lowest BCUT2D eigenvalue weighted by atomic mass is 9.98. The van der Waals surface area contributed by atoms with Crippen LogP contribution in [0.4, 0.5) is 0 Å². The van der Waals surface area contributed by atoms with Crippen LogP contribution in [0.15, 0.2) is 46.2 Å². The van der Waals surface area contributed by atoms with Gasteiger partial charge in [-0.3, -0.25) is 0 Å². The summed E-state index contributed by atoms with van der Waals surface area (Å²) in [4.78, 5) is 13.6. The first-order valence-electron chi connectivity index (χ1n) is 7.03. The highest BCUT2D eigenvalue weighted by Gasteiger charge is 2.32. The van der Waals surface area contributed by atoms with Crippen LogP contribution in [-0.2, 0) is 22.3 Å². The summed E-state index contributed by atoms with van der Waals surface area (Å²) in [5, 5.41) is 0. The number of fused-ring (bicyclic) bond motifs is 2. The second kappa shape index (κ2) is 6.02. The van der Waals surface area contributed by atoms with Gasteiger partial charge in [-0.1, -0.05) is 18.2 Å². The van der Waals surface area contributed by atoms with Crippen LogP contribution in [0, 0.1) is 0 Å². The Hall–Kier alpha value is -1.98. The topological polar surface area (TPSA) is 58.6 Å². The lowest BCUT2D eigenvalue weighted by molar-refractivity contribution is 0.0524. The summed E-state index contributed by atoms with van der Waals surface area (Å²) in [6.45, 7) is 2.06. The van der Waals surface area contributed by atoms with Crippen LogP contribution in [0.25, 0.3) is 0 Å². The summed E-state index contributed by atoms with van der Waals surface area (Å²) in [7, 11) is 1.52. The number of carbonyl (C=O) groups is 1. The third kappa shape index (κ3) is 2.46. The van der Waals surface area contributed by atoms with E-state index in [1.165, 1.54) is 7.11 Å². The second-order valence-corrected chi connectivity index (χ2v) is 6.34. The first kappa shape index (κ1) is 14.9. The smallest absolute Gasteiger partial charge is 0.338 e. The van der Waals surface area contributed by atoms with E-state index in [1.807, 2.05) is 24.3 Å². The van der Waals surface area contributed by atoms with Crippen molar-refractivity contribution in [2.24, 2.45) is 0 Å². The van der Waals surface area contributed by atoms with E-state index in [1.54, 1.807) is 19.1 Å². The minimum Gasteiger partial charge on any atom is -0.606 e. The van der Waals surface area contributed by atoms with Gasteiger partial charge in [-0.05, 0) is 19.1 Å². The first-order chi connectivity index (χ1) is 10.7. The zero-order chi connectivity index (χ0) is 15.7. The number of hydrogen-bond donors (Lipinski definition) is 0. The van der Waals surface area contributed by atoms with Crippen molar-refractivity contribution >= 4 is 17.1 Å². The molecular weight excluding hydrogens is 300 g/mol. The minimum atomic E-state index is -1.32. The predicted octanol–water partition coefficient (Wildman–Crippen LogP) is 2.94. The summed E-state index contributed by atoms with van der Waals surface area (Å²) >= 11 is -1.32. The molecule has 1 heterocycles. The predicted molar refractivity (Wildman–Crippen MR) is 82.9 cm³/mol. The van der Waals surface area contributed by atoms with Gasteiger partial charge in [0.1, 0.15) is 5.75 Å². The molecule has 0 amide bonds. The Kier molecular flexibility index (Phi) is 4.09. The van der Waals surface area contributed by atoms with Crippen molar-refractivity contribution in [2.75, 3.05) is 13.7 Å². The molecule has 0 saturated heterocycles. The number of methoxy groups -OCH3 is 1. The average molecular weight is 316 g/mol. The molecule has 0 N–H and O–H groups in total. The molecule has 4 nitrogen and oxygen atoms in total. The highest BCUT2D eigenvalue weighted by molar-refractivity contribution is 7.91. The van der Waals surface area contributed by atoms with E-state index in [9.17, 15) is 9.35 Å². The summed E-state index contributed by atoms with van der Waals surface area (Å²) < 4.78 is 23.2. The van der Waals surface area contributed by atoms with Crippen molar-refractivity contribution in [1.82, 2.24) is 0 Å². The van der Waals surface area contributed by atoms with E-state index in [2.05, 4.69) is 0 Å². The number of esters is 1. The largest absolute Gasteiger partial charge is 0.606 e. The van der Waals surface area contributed by atoms with Crippen molar-refractivity contribution in [3.05, 3.63) is 53.1 Å². The van der Waals surface area contributed by atoms with Gasteiger partial charge in [-0.25, -0.2) is 4.79 Å². The van der Waals surface area contributed by atoms with Gasteiger partial charge >= 0.3 is 5.97 Å². The van der Waals surface area contributed by atoms with Gasteiger partial charge in [0, 0.05) is 34.8 Å². The third-order valence-electron chi connectivity index (χ3n) is 3.65. The van der Waals surface area contributed by atoms with Gasteiger partial charge in [-0.2, -0.15) is 0 Å². The quantitative estimate of drug-likeness (QED) is 0.645. The first-order valence-corrected chi connectivity index (χ1v) is 8.18. The molecule has 0 bridgehead atoms. The van der Waals surface area contributed by atoms with E-state index in [4.69, 9.17) is 9.47 Å². The molecule has 0 spiro atoms. The molecule has 5 heteroatoms. The van der Waals surface area contributed by atoms with E-state index >= 15 is 0 Å². The average Bonchev–Trinajstić information content (AvgIpc) is 2.54. The Balaban J connectivity index is 2.16. The third-order valence-corrected chi connectivity index (χ3v) is 5.21. The van der Waals surface area contributed by atoms with Gasteiger partial charge in [0.25, 0.3) is 0 Å². The zero-order valence-electron chi connectivity index (χ0n) is 12.4. The molecule has 1 aliphatic rings. The van der Waals surface area contributed by atoms with Crippen LogP contribution < -0.4 is 4.74 Å². The lowest BCUT2D eigenvalue weighted by Crippen LogP contribution is -2.19. The molecule has 0 saturated carbocycles. The molecule has 1 atom stereocenters. The molecule has 0 radical (unpaired) electrons. The Morgan fingerprint density at radius 2 is 2.05 bits per heavy atom. The molecule has 1 unspecified atom stereocenters. The molecule has 0 aliphatic carbocycles. The van der Waals surface area contributed by atoms with Gasteiger partial charge in [0.2, 0.25) is 0 Å². The molecule has 0 fully saturated rings. The fraction of sp³-hybridized carbons (Fsp3) is 0.235. The highest BCUT2D eigenvalue weighted by Crippen LogP contribution is 2.38. The maximum absolute atomic E-state index is 12.8. The molecule has 1 aliphatic heterocycles. The van der Waals surface area contributed by atoms with E-state index in [0.29, 0.717) is 29.2 Å². The van der Waals surface area contributed by atoms with Gasteiger partial charge in [0.15, 0.2) is 9.79 Å². The van der Waals surface area contributed by atoms with Crippen molar-refractivity contribution in [3.8, 4) is 5.75 Å². The fourth-order valence-electron chi connectivity index (χ4n) is 2.62. The van der Waals surface area contributed by atoms with Gasteiger partial charge in [-0.15, -0.1) is 0 Å². The van der Waals surface area contributed by atoms with Crippen LogP contribution in [0.3, 0.4) is 0 Å². The van der Waals surface area contributed by atoms with Crippen LogP contribution in [0.5, 0.6) is 5.75 Å². The Bertz CT molecular complexity index is 727. The van der Waals surface area contributed by atoms with Crippen LogP contribution in [-0.4, -0.2) is 24.2 Å². The molecule has 114 valence electrons. The molecule has 3 rings (SSSR count). The number of carbonyl (C=O) groups excluding carboxylic acids is 1. The summed E-state index contributed by atoms with van der Waals surface area (Å²) in [5.74, 6) is 0.101. The second-order valence-electron chi connectivity index (χ2n) is 4.93. The van der Waals surface area contributed by atoms with Gasteiger partial charge < -0.3 is 14.0 Å². The maximum Gasteiger partial charge on any atom is 0.338 e. The number of ether oxygens (including phenoxy) is 2. The zero-order valence-corrected chi connectivity index (χ0v) is 13.2. The SMILES string of the molecule is CCOC(=O)c1cc(OC)cc2c1Cc1ccccc1[S+]2[O-]. The Labute approximate surface area is 132 Å². The molecular formula is C17H16O4S. The van der Waals surface area contributed by atoms with Crippen molar-refractivity contribution in [3.63, 3.8) is 0 Å². The van der Waals surface area contributed by atoms with E-state index in [0.717, 1.165) is 16.0 Å². The normalized spacial score (nSPS) is 15.7. The van der Waals surface area contributed by atoms with Crippen molar-refractivity contribution in [2.45, 2.75) is 23.1 Å². The summed E-state index contributed by atoms with van der Waals surface area (Å²) in [6.07, 6.45) is 0.565. The maximum atomic E-state index is 12.8. The minimum absolute atomic E-state index is 0.296. The fourth-order valence-corrected chi connectivity index (χ4v) is 4.06. The lowest BCUT2D eigenvalue weighted by Gasteiger charge is -2.23. The van der Waals surface area contributed by atoms with Crippen LogP contribution in [0.2, 0.25) is 0 Å². The van der Waals surface area contributed by atoms with E-state index < -0.39 is 17.1 Å². The molecule has 2 aromatic rings. The van der Waals surface area contributed by atoms with Crippen molar-refractivity contribution in [1.29, 1.82) is 0 Å². The Morgan fingerprint density at radius 1 is 1.27 bits per heavy atom. The van der Waals surface area contributed by atoms with Crippen LogP contribution in [0.1, 0.15) is 28.4 Å². The number of hydrogen-bond acceptors (Lipinski definition) is 4. The van der Waals surface area contributed by atoms with Crippen molar-refractivity contribution < 1.29 is 18.8 Å².